The third-order valence-corrected chi connectivity index (χ3v) is 0.204. The molecule has 0 unspecified atom stereocenters. The summed E-state index contributed by atoms with van der Waals surface area (Å²) in [6, 6.07) is 0. The molecule has 44 valence electrons. The molecule has 0 aliphatic carbocycles. The van der Waals surface area contributed by atoms with Crippen LogP contribution in [-0.2, 0) is 0 Å². The predicted molar refractivity (Wildman–Crippen MR) is 33.3 cm³/mol. The molecule has 0 aliphatic heterocycles. The average molecular weight is 335 g/mol. The summed E-state index contributed by atoms with van der Waals surface area (Å²) in [7, 11) is 0. The molecule has 0 aromatic carbocycles. The number of nitrogens with zero attached hydrogens (tertiary/aromatic N) is 1. The van der Waals surface area contributed by atoms with Crippen LogP contribution in [0.1, 0.15) is 20.8 Å². The van der Waals surface area contributed by atoms with E-state index < -0.39 is 0 Å². The van der Waals surface area contributed by atoms with E-state index >= 15 is 0 Å². The van der Waals surface area contributed by atoms with Crippen molar-refractivity contribution in [3.63, 3.8) is 0 Å². The molecule has 0 atom stereocenters. The molecule has 0 aromatic heterocycles. The van der Waals surface area contributed by atoms with E-state index in [2.05, 4.69) is 11.2 Å². The monoisotopic (exact) mass is 335 g/mol. The van der Waals surface area contributed by atoms with E-state index in [1.807, 2.05) is 13.8 Å². The van der Waals surface area contributed by atoms with Crippen molar-refractivity contribution < 1.29 is 31.1 Å². The fraction of sp³-hybridized carbons (Fsp3) is 0.500. The van der Waals surface area contributed by atoms with Crippen molar-refractivity contribution in [2.24, 2.45) is 4.99 Å². The molecule has 0 saturated carbocycles. The van der Waals surface area contributed by atoms with Crippen LogP contribution in [0.2, 0.25) is 0 Å². The SMILES string of the molecule is CC.[CH-]=CN=[C-]C.[U+2]. The predicted octanol–water partition coefficient (Wildman–Crippen LogP) is 1.93. The Morgan fingerprint density at radius 2 is 1.88 bits per heavy atom. The zero-order chi connectivity index (χ0) is 6.12. The van der Waals surface area contributed by atoms with E-state index in [4.69, 9.17) is 6.58 Å². The first-order chi connectivity index (χ1) is 3.41. The van der Waals surface area contributed by atoms with E-state index in [-0.39, 0.29) is 31.1 Å². The second-order valence-corrected chi connectivity index (χ2v) is 0.502. The molecule has 0 radical (unpaired) electrons. The third-order valence-electron chi connectivity index (χ3n) is 0.204. The Kier molecular flexibility index (Phi) is 51.3. The van der Waals surface area contributed by atoms with Crippen LogP contribution in [0, 0.1) is 37.7 Å². The van der Waals surface area contributed by atoms with Gasteiger partial charge >= 0.3 is 31.1 Å². The van der Waals surface area contributed by atoms with E-state index in [0.29, 0.717) is 0 Å². The molecule has 0 rings (SSSR count). The molecule has 0 amide bonds. The fourth-order valence-corrected chi connectivity index (χ4v) is 0.0745. The van der Waals surface area contributed by atoms with Gasteiger partial charge in [-0.15, -0.1) is 6.92 Å². The largest absolute Gasteiger partial charge is 2.00 e. The molecule has 0 spiro atoms. The maximum Gasteiger partial charge on any atom is 2.00 e. The summed E-state index contributed by atoms with van der Waals surface area (Å²) in [5.74, 6) is 0. The number of aliphatic imine (C=N–C) groups is 1. The summed E-state index contributed by atoms with van der Waals surface area (Å²) < 4.78 is 0. The first kappa shape index (κ1) is 15.8. The van der Waals surface area contributed by atoms with Crippen LogP contribution in [0.5, 0.6) is 0 Å². The van der Waals surface area contributed by atoms with Gasteiger partial charge in [-0.1, -0.05) is 13.8 Å². The second kappa shape index (κ2) is 26.0. The van der Waals surface area contributed by atoms with Crippen LogP contribution >= 0.6 is 0 Å². The van der Waals surface area contributed by atoms with E-state index in [1.54, 1.807) is 6.92 Å². The number of hydrogen-bond donors (Lipinski definition) is 0. The first-order valence-corrected chi connectivity index (χ1v) is 2.32. The molecule has 0 heterocycles. The summed E-state index contributed by atoms with van der Waals surface area (Å²) in [6.45, 7) is 10.5. The molecule has 0 bridgehead atoms. The van der Waals surface area contributed by atoms with Gasteiger partial charge in [0.2, 0.25) is 0 Å². The van der Waals surface area contributed by atoms with Gasteiger partial charge in [-0.25, -0.2) is 0 Å². The van der Waals surface area contributed by atoms with E-state index in [9.17, 15) is 0 Å². The maximum atomic E-state index is 4.78. The molecular weight excluding hydrogens is 324 g/mol. The van der Waals surface area contributed by atoms with Gasteiger partial charge in [0.1, 0.15) is 0 Å². The molecule has 0 fully saturated rings. The van der Waals surface area contributed by atoms with Crippen LogP contribution in [0.4, 0.5) is 0 Å². The summed E-state index contributed by atoms with van der Waals surface area (Å²) in [6.07, 6.45) is 3.66. The average Bonchev–Trinajstić information content (AvgIpc) is 1.75. The molecule has 0 aliphatic rings. The summed E-state index contributed by atoms with van der Waals surface area (Å²) in [5, 5.41) is 0. The Morgan fingerprint density at radius 3 is 1.88 bits per heavy atom. The van der Waals surface area contributed by atoms with Crippen LogP contribution in [0.15, 0.2) is 11.2 Å². The van der Waals surface area contributed by atoms with E-state index in [0.717, 1.165) is 0 Å². The zero-order valence-electron chi connectivity index (χ0n) is 5.60. The van der Waals surface area contributed by atoms with Crippen LogP contribution < -0.4 is 0 Å². The quantitative estimate of drug-likeness (QED) is 0.513. The van der Waals surface area contributed by atoms with Crippen molar-refractivity contribution in [1.29, 1.82) is 0 Å². The molecular formula is C6H11NU. The topological polar surface area (TPSA) is 12.4 Å². The van der Waals surface area contributed by atoms with Gasteiger partial charge in [0.05, 0.1) is 0 Å². The Labute approximate surface area is 75.7 Å². The Hall–Kier alpha value is 0.462. The smallest absolute Gasteiger partial charge is 0.601 e. The van der Waals surface area contributed by atoms with Gasteiger partial charge in [0, 0.05) is 0 Å². The summed E-state index contributed by atoms with van der Waals surface area (Å²) in [4.78, 5) is 3.38. The van der Waals surface area contributed by atoms with Crippen LogP contribution in [0.3, 0.4) is 0 Å². The standard InChI is InChI=1S/C4H5N.C2H6.U/c1-3-5-4-2;1-2;/h1,3H,2H3;1-2H3;/q-2;;+2. The maximum absolute atomic E-state index is 4.78. The molecule has 0 N–H and O–H groups in total. The fourth-order valence-electron chi connectivity index (χ4n) is 0.0745. The minimum Gasteiger partial charge on any atom is -0.601 e. The van der Waals surface area contributed by atoms with Crippen molar-refractivity contribution in [3.05, 3.63) is 12.8 Å². The van der Waals surface area contributed by atoms with Gasteiger partial charge in [-0.3, -0.25) is 0 Å². The Bertz CT molecular complexity index is 50.5. The van der Waals surface area contributed by atoms with Crippen molar-refractivity contribution in [2.45, 2.75) is 20.8 Å². The molecule has 0 aromatic rings. The minimum atomic E-state index is 0. The Balaban J connectivity index is -0.0000000750. The van der Waals surface area contributed by atoms with Crippen LogP contribution in [-0.4, -0.2) is 6.21 Å². The van der Waals surface area contributed by atoms with Gasteiger partial charge in [0.15, 0.2) is 0 Å². The van der Waals surface area contributed by atoms with Crippen molar-refractivity contribution >= 4 is 6.21 Å². The molecule has 0 saturated heterocycles. The molecule has 2 heteroatoms. The molecule has 1 nitrogen and oxygen atoms in total. The van der Waals surface area contributed by atoms with Gasteiger partial charge < -0.3 is 17.8 Å². The normalized spacial score (nSPS) is 6.38. The summed E-state index contributed by atoms with van der Waals surface area (Å²) >= 11 is 0. The number of hydrogen-bond acceptors (Lipinski definition) is 1. The van der Waals surface area contributed by atoms with Crippen molar-refractivity contribution in [2.75, 3.05) is 0 Å². The zero-order valence-corrected chi connectivity index (χ0v) is 9.77. The van der Waals surface area contributed by atoms with Crippen LogP contribution in [0.25, 0.3) is 0 Å². The third kappa shape index (κ3) is 31.8. The first-order valence-electron chi connectivity index (χ1n) is 2.32. The Morgan fingerprint density at radius 1 is 1.50 bits per heavy atom. The number of rotatable bonds is 1. The van der Waals surface area contributed by atoms with Crippen molar-refractivity contribution in [1.82, 2.24) is 0 Å². The van der Waals surface area contributed by atoms with Gasteiger partial charge in [0.25, 0.3) is 0 Å². The molecule has 8 heavy (non-hydrogen) atoms. The van der Waals surface area contributed by atoms with E-state index in [1.165, 1.54) is 6.20 Å². The second-order valence-electron chi connectivity index (χ2n) is 0.502. The van der Waals surface area contributed by atoms with Gasteiger partial charge in [-0.2, -0.15) is 6.21 Å². The van der Waals surface area contributed by atoms with Gasteiger partial charge in [-0.05, 0) is 0 Å². The summed E-state index contributed by atoms with van der Waals surface area (Å²) in [5.41, 5.74) is 0. The minimum absolute atomic E-state index is 0. The van der Waals surface area contributed by atoms with Crippen molar-refractivity contribution in [3.8, 4) is 0 Å².